The summed E-state index contributed by atoms with van der Waals surface area (Å²) >= 11 is 5.92. The minimum Gasteiger partial charge on any atom is -0.490 e. The second-order valence-corrected chi connectivity index (χ2v) is 4.74. The van der Waals surface area contributed by atoms with Crippen molar-refractivity contribution in [1.29, 1.82) is 0 Å². The van der Waals surface area contributed by atoms with Gasteiger partial charge in [-0.1, -0.05) is 11.6 Å². The van der Waals surface area contributed by atoms with Crippen molar-refractivity contribution in [1.82, 2.24) is 0 Å². The summed E-state index contributed by atoms with van der Waals surface area (Å²) in [5, 5.41) is 0.650. The van der Waals surface area contributed by atoms with Crippen LogP contribution in [0.5, 0.6) is 5.75 Å². The number of Topliss-reactive ketones (excluding diaryl/α,β-unsaturated/α-hetero) is 1. The largest absolute Gasteiger partial charge is 0.490 e. The molecule has 0 radical (unpaired) electrons. The van der Waals surface area contributed by atoms with Gasteiger partial charge in [0.15, 0.2) is 0 Å². The highest BCUT2D eigenvalue weighted by atomic mass is 35.5. The van der Waals surface area contributed by atoms with Crippen LogP contribution < -0.4 is 4.74 Å². The topological polar surface area (TPSA) is 26.3 Å². The van der Waals surface area contributed by atoms with Crippen LogP contribution in [-0.4, -0.2) is 11.9 Å². The Morgan fingerprint density at radius 3 is 2.81 bits per heavy atom. The van der Waals surface area contributed by atoms with Gasteiger partial charge in [0.2, 0.25) is 0 Å². The summed E-state index contributed by atoms with van der Waals surface area (Å²) in [6.45, 7) is 1.58. The average molecular weight is 239 g/mol. The fourth-order valence-corrected chi connectivity index (χ4v) is 1.93. The number of benzene rings is 1. The third-order valence-electron chi connectivity index (χ3n) is 2.81. The molecule has 0 unspecified atom stereocenters. The van der Waals surface area contributed by atoms with Crippen molar-refractivity contribution in [2.45, 2.75) is 38.7 Å². The van der Waals surface area contributed by atoms with E-state index < -0.39 is 0 Å². The number of ether oxygens (including phenoxy) is 1. The Labute approximate surface area is 101 Å². The molecule has 1 saturated carbocycles. The highest BCUT2D eigenvalue weighted by Crippen LogP contribution is 2.29. The van der Waals surface area contributed by atoms with Crippen molar-refractivity contribution in [2.24, 2.45) is 0 Å². The van der Waals surface area contributed by atoms with Crippen LogP contribution >= 0.6 is 11.6 Å². The zero-order valence-electron chi connectivity index (χ0n) is 9.33. The van der Waals surface area contributed by atoms with Crippen LogP contribution in [0.25, 0.3) is 0 Å². The number of carbonyl (C=O) groups is 1. The number of carbonyl (C=O) groups excluding carboxylic acids is 1. The lowest BCUT2D eigenvalue weighted by Crippen LogP contribution is -2.25. The Kier molecular flexibility index (Phi) is 3.49. The molecule has 0 heterocycles. The Morgan fingerprint density at radius 1 is 1.50 bits per heavy atom. The van der Waals surface area contributed by atoms with Crippen LogP contribution in [0.4, 0.5) is 0 Å². The van der Waals surface area contributed by atoms with E-state index in [1.807, 2.05) is 12.1 Å². The van der Waals surface area contributed by atoms with Gasteiger partial charge in [-0.25, -0.2) is 0 Å². The zero-order valence-corrected chi connectivity index (χ0v) is 10.1. The molecule has 1 aromatic rings. The van der Waals surface area contributed by atoms with Gasteiger partial charge in [-0.05, 0) is 44.4 Å². The third kappa shape index (κ3) is 2.76. The second kappa shape index (κ2) is 4.88. The summed E-state index contributed by atoms with van der Waals surface area (Å²) in [6.07, 6.45) is 4.18. The lowest BCUT2D eigenvalue weighted by Gasteiger charge is -2.27. The summed E-state index contributed by atoms with van der Waals surface area (Å²) in [7, 11) is 0. The Hall–Kier alpha value is -1.02. The molecule has 0 amide bonds. The van der Waals surface area contributed by atoms with Gasteiger partial charge in [-0.15, -0.1) is 0 Å². The fourth-order valence-electron chi connectivity index (χ4n) is 1.74. The van der Waals surface area contributed by atoms with E-state index >= 15 is 0 Å². The van der Waals surface area contributed by atoms with E-state index in [2.05, 4.69) is 0 Å². The molecule has 0 spiro atoms. The average Bonchev–Trinajstić information content (AvgIpc) is 2.12. The van der Waals surface area contributed by atoms with Crippen LogP contribution in [0.1, 0.15) is 31.7 Å². The molecule has 86 valence electrons. The normalized spacial score (nSPS) is 15.6. The highest BCUT2D eigenvalue weighted by Gasteiger charge is 2.20. The van der Waals surface area contributed by atoms with Crippen molar-refractivity contribution in [3.63, 3.8) is 0 Å². The number of halogens is 1. The van der Waals surface area contributed by atoms with Crippen molar-refractivity contribution in [3.05, 3.63) is 28.8 Å². The fraction of sp³-hybridized carbons (Fsp3) is 0.462. The molecule has 0 aliphatic heterocycles. The maximum absolute atomic E-state index is 11.1. The standard InChI is InChI=1S/C13H15ClO2/c1-9(15)7-10-8-11(14)5-6-13(10)16-12-3-2-4-12/h5-6,8,12H,2-4,7H2,1H3. The first-order valence-electron chi connectivity index (χ1n) is 5.59. The highest BCUT2D eigenvalue weighted by molar-refractivity contribution is 6.30. The first-order chi connectivity index (χ1) is 7.65. The summed E-state index contributed by atoms with van der Waals surface area (Å²) in [6, 6.07) is 5.48. The van der Waals surface area contributed by atoms with Crippen LogP contribution in [0.2, 0.25) is 5.02 Å². The van der Waals surface area contributed by atoms with E-state index in [1.165, 1.54) is 6.42 Å². The van der Waals surface area contributed by atoms with Gasteiger partial charge in [-0.3, -0.25) is 4.79 Å². The van der Waals surface area contributed by atoms with Crippen LogP contribution in [0, 0.1) is 0 Å². The summed E-state index contributed by atoms with van der Waals surface area (Å²) in [5.41, 5.74) is 0.895. The van der Waals surface area contributed by atoms with Gasteiger partial charge in [-0.2, -0.15) is 0 Å². The Balaban J connectivity index is 2.16. The molecule has 2 nitrogen and oxygen atoms in total. The molecule has 0 aromatic heterocycles. The van der Waals surface area contributed by atoms with Crippen LogP contribution in [0.15, 0.2) is 18.2 Å². The minimum atomic E-state index is 0.126. The summed E-state index contributed by atoms with van der Waals surface area (Å²) in [5.74, 6) is 0.935. The van der Waals surface area contributed by atoms with Crippen LogP contribution in [0.3, 0.4) is 0 Å². The number of ketones is 1. The van der Waals surface area contributed by atoms with Gasteiger partial charge < -0.3 is 4.74 Å². The van der Waals surface area contributed by atoms with Gasteiger partial charge in [0, 0.05) is 17.0 Å². The molecule has 0 atom stereocenters. The summed E-state index contributed by atoms with van der Waals surface area (Å²) < 4.78 is 5.83. The lowest BCUT2D eigenvalue weighted by molar-refractivity contribution is -0.116. The van der Waals surface area contributed by atoms with Crippen molar-refractivity contribution < 1.29 is 9.53 Å². The quantitative estimate of drug-likeness (QED) is 0.804. The van der Waals surface area contributed by atoms with E-state index in [-0.39, 0.29) is 5.78 Å². The molecular weight excluding hydrogens is 224 g/mol. The Bertz CT molecular complexity index is 397. The van der Waals surface area contributed by atoms with E-state index in [0.29, 0.717) is 17.5 Å². The van der Waals surface area contributed by atoms with E-state index in [1.54, 1.807) is 13.0 Å². The molecule has 0 N–H and O–H groups in total. The minimum absolute atomic E-state index is 0.126. The predicted molar refractivity (Wildman–Crippen MR) is 64.1 cm³/mol. The maximum atomic E-state index is 11.1. The molecule has 16 heavy (non-hydrogen) atoms. The maximum Gasteiger partial charge on any atom is 0.134 e. The molecule has 2 rings (SSSR count). The molecule has 0 saturated heterocycles. The summed E-state index contributed by atoms with van der Waals surface area (Å²) in [4.78, 5) is 11.1. The molecular formula is C13H15ClO2. The van der Waals surface area contributed by atoms with E-state index in [4.69, 9.17) is 16.3 Å². The first kappa shape index (κ1) is 11.5. The monoisotopic (exact) mass is 238 g/mol. The Morgan fingerprint density at radius 2 is 2.25 bits per heavy atom. The molecule has 1 fully saturated rings. The van der Waals surface area contributed by atoms with E-state index in [9.17, 15) is 4.79 Å². The van der Waals surface area contributed by atoms with Crippen molar-refractivity contribution in [3.8, 4) is 5.75 Å². The molecule has 3 heteroatoms. The molecule has 1 aromatic carbocycles. The zero-order chi connectivity index (χ0) is 11.5. The van der Waals surface area contributed by atoms with Gasteiger partial charge in [0.25, 0.3) is 0 Å². The molecule has 1 aliphatic rings. The SMILES string of the molecule is CC(=O)Cc1cc(Cl)ccc1OC1CCC1. The third-order valence-corrected chi connectivity index (χ3v) is 3.04. The van der Waals surface area contributed by atoms with Gasteiger partial charge in [0.05, 0.1) is 6.10 Å². The second-order valence-electron chi connectivity index (χ2n) is 4.30. The molecule has 0 bridgehead atoms. The van der Waals surface area contributed by atoms with Crippen molar-refractivity contribution in [2.75, 3.05) is 0 Å². The van der Waals surface area contributed by atoms with Gasteiger partial charge in [0.1, 0.15) is 11.5 Å². The lowest BCUT2D eigenvalue weighted by atomic mass is 9.96. The predicted octanol–water partition coefficient (Wildman–Crippen LogP) is 3.40. The first-order valence-corrected chi connectivity index (χ1v) is 5.97. The number of hydrogen-bond acceptors (Lipinski definition) is 2. The number of hydrogen-bond donors (Lipinski definition) is 0. The smallest absolute Gasteiger partial charge is 0.134 e. The van der Waals surface area contributed by atoms with E-state index in [0.717, 1.165) is 24.2 Å². The molecule has 1 aliphatic carbocycles. The number of rotatable bonds is 4. The van der Waals surface area contributed by atoms with Crippen molar-refractivity contribution >= 4 is 17.4 Å². The van der Waals surface area contributed by atoms with Gasteiger partial charge >= 0.3 is 0 Å². The van der Waals surface area contributed by atoms with Crippen LogP contribution in [-0.2, 0) is 11.2 Å².